The molecule has 112 valence electrons. The molecule has 2 rings (SSSR count). The third-order valence-electron chi connectivity index (χ3n) is 4.39. The van der Waals surface area contributed by atoms with Gasteiger partial charge in [-0.3, -0.25) is 4.90 Å². The molecule has 0 spiro atoms. The van der Waals surface area contributed by atoms with Crippen molar-refractivity contribution in [3.05, 3.63) is 29.8 Å². The second-order valence-electron chi connectivity index (χ2n) is 5.81. The minimum absolute atomic E-state index is 0.424. The maximum absolute atomic E-state index is 5.99. The highest BCUT2D eigenvalue weighted by Gasteiger charge is 2.23. The largest absolute Gasteiger partial charge is 0.492 e. The number of nitrogens with zero attached hydrogens (tertiary/aromatic N) is 1. The molecule has 3 nitrogen and oxygen atoms in total. The molecule has 1 aromatic rings. The zero-order chi connectivity index (χ0) is 14.4. The van der Waals surface area contributed by atoms with Gasteiger partial charge in [0.25, 0.3) is 0 Å². The predicted octanol–water partition coefficient (Wildman–Crippen LogP) is 2.97. The molecule has 0 aromatic heterocycles. The smallest absolute Gasteiger partial charge is 0.122 e. The summed E-state index contributed by atoms with van der Waals surface area (Å²) in [5.41, 5.74) is 7.20. The van der Waals surface area contributed by atoms with E-state index in [1.54, 1.807) is 0 Å². The molecule has 0 saturated heterocycles. The molecule has 0 heterocycles. The van der Waals surface area contributed by atoms with Gasteiger partial charge in [0, 0.05) is 18.6 Å². The monoisotopic (exact) mass is 276 g/mol. The average Bonchev–Trinajstić information content (AvgIpc) is 2.47. The van der Waals surface area contributed by atoms with Crippen molar-refractivity contribution < 1.29 is 4.74 Å². The number of para-hydroxylation sites is 1. The first-order chi connectivity index (χ1) is 9.70. The first-order valence-electron chi connectivity index (χ1n) is 7.88. The molecule has 1 aliphatic rings. The number of hydrogen-bond donors (Lipinski definition) is 1. The van der Waals surface area contributed by atoms with Gasteiger partial charge in [0.2, 0.25) is 0 Å². The van der Waals surface area contributed by atoms with Crippen molar-refractivity contribution in [2.75, 3.05) is 19.7 Å². The van der Waals surface area contributed by atoms with Crippen LogP contribution in [0.4, 0.5) is 0 Å². The summed E-state index contributed by atoms with van der Waals surface area (Å²) in [6.07, 6.45) is 4.80. The van der Waals surface area contributed by atoms with E-state index in [2.05, 4.69) is 24.8 Å². The molecule has 0 bridgehead atoms. The van der Waals surface area contributed by atoms with E-state index in [9.17, 15) is 0 Å². The first kappa shape index (κ1) is 15.3. The summed E-state index contributed by atoms with van der Waals surface area (Å²) in [5, 5.41) is 0. The Bertz CT molecular complexity index is 400. The van der Waals surface area contributed by atoms with Crippen LogP contribution < -0.4 is 10.5 Å². The van der Waals surface area contributed by atoms with Crippen LogP contribution >= 0.6 is 0 Å². The Kier molecular flexibility index (Phi) is 5.86. The Hall–Kier alpha value is -1.06. The molecule has 0 unspecified atom stereocenters. The molecule has 1 saturated carbocycles. The van der Waals surface area contributed by atoms with Crippen LogP contribution in [-0.4, -0.2) is 36.7 Å². The van der Waals surface area contributed by atoms with E-state index in [1.165, 1.54) is 31.2 Å². The van der Waals surface area contributed by atoms with Crippen molar-refractivity contribution in [2.24, 2.45) is 5.73 Å². The predicted molar refractivity (Wildman–Crippen MR) is 84.2 cm³/mol. The van der Waals surface area contributed by atoms with E-state index in [-0.39, 0.29) is 0 Å². The number of aryl methyl sites for hydroxylation is 1. The molecule has 1 aliphatic carbocycles. The van der Waals surface area contributed by atoms with Crippen LogP contribution in [0.2, 0.25) is 0 Å². The topological polar surface area (TPSA) is 38.5 Å². The van der Waals surface area contributed by atoms with Gasteiger partial charge < -0.3 is 10.5 Å². The Morgan fingerprint density at radius 2 is 1.90 bits per heavy atom. The minimum atomic E-state index is 0.424. The van der Waals surface area contributed by atoms with E-state index in [0.717, 1.165) is 25.4 Å². The number of nitrogens with two attached hydrogens (primary N) is 1. The molecule has 1 aromatic carbocycles. The van der Waals surface area contributed by atoms with Gasteiger partial charge in [0.05, 0.1) is 0 Å². The molecular formula is C17H28N2O. The van der Waals surface area contributed by atoms with Crippen LogP contribution in [0.5, 0.6) is 5.75 Å². The second-order valence-corrected chi connectivity index (χ2v) is 5.81. The highest BCUT2D eigenvalue weighted by Crippen LogP contribution is 2.22. The van der Waals surface area contributed by atoms with E-state index >= 15 is 0 Å². The minimum Gasteiger partial charge on any atom is -0.492 e. The first-order valence-corrected chi connectivity index (χ1v) is 7.88. The zero-order valence-electron chi connectivity index (χ0n) is 12.8. The summed E-state index contributed by atoms with van der Waals surface area (Å²) in [4.78, 5) is 2.55. The van der Waals surface area contributed by atoms with E-state index in [1.807, 2.05) is 18.2 Å². The summed E-state index contributed by atoms with van der Waals surface area (Å²) in [7, 11) is 0. The van der Waals surface area contributed by atoms with Gasteiger partial charge in [-0.25, -0.2) is 0 Å². The van der Waals surface area contributed by atoms with Crippen LogP contribution in [0, 0.1) is 6.92 Å². The molecule has 2 N–H and O–H groups in total. The van der Waals surface area contributed by atoms with Crippen molar-refractivity contribution in [3.8, 4) is 5.75 Å². The molecular weight excluding hydrogens is 248 g/mol. The molecule has 0 atom stereocenters. The Morgan fingerprint density at radius 1 is 1.20 bits per heavy atom. The standard InChI is InChI=1S/C17H28N2O/c1-3-19(16-10-8-15(18)9-11-16)12-13-20-17-7-5-4-6-14(17)2/h4-7,15-16H,3,8-13,18H2,1-2H3. The lowest BCUT2D eigenvalue weighted by Gasteiger charge is -2.35. The van der Waals surface area contributed by atoms with Gasteiger partial charge in [-0.1, -0.05) is 25.1 Å². The Labute approximate surface area is 123 Å². The van der Waals surface area contributed by atoms with Gasteiger partial charge in [-0.05, 0) is 50.8 Å². The van der Waals surface area contributed by atoms with E-state index in [4.69, 9.17) is 10.5 Å². The summed E-state index contributed by atoms with van der Waals surface area (Å²) in [6.45, 7) is 7.20. The number of rotatable bonds is 6. The number of hydrogen-bond acceptors (Lipinski definition) is 3. The highest BCUT2D eigenvalue weighted by atomic mass is 16.5. The third-order valence-corrected chi connectivity index (χ3v) is 4.39. The van der Waals surface area contributed by atoms with Crippen molar-refractivity contribution >= 4 is 0 Å². The van der Waals surface area contributed by atoms with Crippen molar-refractivity contribution in [1.82, 2.24) is 4.90 Å². The summed E-state index contributed by atoms with van der Waals surface area (Å²) in [5.74, 6) is 1.01. The van der Waals surface area contributed by atoms with Gasteiger partial charge in [0.15, 0.2) is 0 Å². The zero-order valence-corrected chi connectivity index (χ0v) is 12.8. The van der Waals surface area contributed by atoms with Crippen LogP contribution in [0.25, 0.3) is 0 Å². The van der Waals surface area contributed by atoms with Crippen molar-refractivity contribution in [3.63, 3.8) is 0 Å². The molecule has 1 fully saturated rings. The fourth-order valence-corrected chi connectivity index (χ4v) is 3.06. The summed E-state index contributed by atoms with van der Waals surface area (Å²) >= 11 is 0. The fourth-order valence-electron chi connectivity index (χ4n) is 3.06. The molecule has 0 aliphatic heterocycles. The second kappa shape index (κ2) is 7.65. The van der Waals surface area contributed by atoms with Crippen LogP contribution in [-0.2, 0) is 0 Å². The SMILES string of the molecule is CCN(CCOc1ccccc1C)C1CCC(N)CC1. The molecule has 3 heteroatoms. The van der Waals surface area contributed by atoms with Gasteiger partial charge in [0.1, 0.15) is 12.4 Å². The fraction of sp³-hybridized carbons (Fsp3) is 0.647. The molecule has 0 amide bonds. The Morgan fingerprint density at radius 3 is 2.55 bits per heavy atom. The maximum atomic E-state index is 5.99. The lowest BCUT2D eigenvalue weighted by Crippen LogP contribution is -2.42. The average molecular weight is 276 g/mol. The molecule has 0 radical (unpaired) electrons. The lowest BCUT2D eigenvalue weighted by atomic mass is 9.91. The van der Waals surface area contributed by atoms with Crippen LogP contribution in [0.1, 0.15) is 38.2 Å². The third kappa shape index (κ3) is 4.22. The van der Waals surface area contributed by atoms with Crippen molar-refractivity contribution in [2.45, 2.75) is 51.6 Å². The Balaban J connectivity index is 1.78. The van der Waals surface area contributed by atoms with Gasteiger partial charge in [-0.2, -0.15) is 0 Å². The number of ether oxygens (including phenoxy) is 1. The normalized spacial score (nSPS) is 23.0. The van der Waals surface area contributed by atoms with E-state index in [0.29, 0.717) is 12.1 Å². The van der Waals surface area contributed by atoms with E-state index < -0.39 is 0 Å². The van der Waals surface area contributed by atoms with Crippen LogP contribution in [0.3, 0.4) is 0 Å². The maximum Gasteiger partial charge on any atom is 0.122 e. The number of likely N-dealkylation sites (N-methyl/N-ethyl adjacent to an activating group) is 1. The summed E-state index contributed by atoms with van der Waals surface area (Å²) < 4.78 is 5.91. The number of benzene rings is 1. The van der Waals surface area contributed by atoms with Gasteiger partial charge >= 0.3 is 0 Å². The molecule has 20 heavy (non-hydrogen) atoms. The summed E-state index contributed by atoms with van der Waals surface area (Å²) in [6, 6.07) is 9.34. The highest BCUT2D eigenvalue weighted by molar-refractivity contribution is 5.31. The quantitative estimate of drug-likeness (QED) is 0.868. The van der Waals surface area contributed by atoms with Crippen LogP contribution in [0.15, 0.2) is 24.3 Å². The van der Waals surface area contributed by atoms with Gasteiger partial charge in [-0.15, -0.1) is 0 Å². The lowest BCUT2D eigenvalue weighted by molar-refractivity contribution is 0.132. The van der Waals surface area contributed by atoms with Crippen molar-refractivity contribution in [1.29, 1.82) is 0 Å².